The van der Waals surface area contributed by atoms with Gasteiger partial charge in [0.15, 0.2) is 0 Å². The van der Waals surface area contributed by atoms with Crippen molar-refractivity contribution >= 4 is 22.9 Å². The Morgan fingerprint density at radius 1 is 1.64 bits per heavy atom. The Morgan fingerprint density at radius 2 is 2.27 bits per heavy atom. The predicted octanol–water partition coefficient (Wildman–Crippen LogP) is 2.38. The molecule has 0 radical (unpaired) electrons. The number of furan rings is 1. The molecule has 0 fully saturated rings. The monoisotopic (exact) mass is 173 g/mol. The van der Waals surface area contributed by atoms with Crippen molar-refractivity contribution in [3.8, 4) is 0 Å². The first-order valence-corrected chi connectivity index (χ1v) is 3.48. The smallest absolute Gasteiger partial charge is 0.322 e. The second-order valence-corrected chi connectivity index (χ2v) is 2.52. The van der Waals surface area contributed by atoms with Gasteiger partial charge in [0, 0.05) is 13.1 Å². The van der Waals surface area contributed by atoms with Crippen LogP contribution in [0.25, 0.3) is 0 Å². The average molecular weight is 174 g/mol. The van der Waals surface area contributed by atoms with E-state index in [1.807, 2.05) is 0 Å². The van der Waals surface area contributed by atoms with Gasteiger partial charge in [0.05, 0.1) is 0 Å². The van der Waals surface area contributed by atoms with Gasteiger partial charge in [-0.15, -0.1) is 0 Å². The van der Waals surface area contributed by atoms with Crippen LogP contribution in [0.2, 0.25) is 0 Å². The fourth-order valence-corrected chi connectivity index (χ4v) is 0.772. The summed E-state index contributed by atoms with van der Waals surface area (Å²) in [6.07, 6.45) is 0. The fourth-order valence-electron chi connectivity index (χ4n) is 0.689. The number of aryl methyl sites for hydroxylation is 1. The molecule has 60 valence electrons. The topological polar surface area (TPSA) is 33.5 Å². The molecule has 0 aliphatic rings. The van der Waals surface area contributed by atoms with Crippen LogP contribution >= 0.6 is 11.6 Å². The van der Waals surface area contributed by atoms with Crippen molar-refractivity contribution in [2.75, 3.05) is 11.9 Å². The Morgan fingerprint density at radius 3 is 2.64 bits per heavy atom. The maximum Gasteiger partial charge on any atom is 0.322 e. The number of hydrogen-bond donors (Lipinski definition) is 0. The third kappa shape index (κ3) is 1.74. The highest BCUT2D eigenvalue weighted by molar-refractivity contribution is 6.66. The van der Waals surface area contributed by atoms with Crippen molar-refractivity contribution in [2.45, 2.75) is 6.92 Å². The summed E-state index contributed by atoms with van der Waals surface area (Å²) in [5.41, 5.74) is 0. The Kier molecular flexibility index (Phi) is 2.19. The first kappa shape index (κ1) is 8.14. The van der Waals surface area contributed by atoms with Crippen LogP contribution in [0.5, 0.6) is 0 Å². The molecule has 3 nitrogen and oxygen atoms in total. The Bertz CT molecular complexity index is 269. The highest BCUT2D eigenvalue weighted by atomic mass is 35.5. The first-order valence-electron chi connectivity index (χ1n) is 3.11. The van der Waals surface area contributed by atoms with Gasteiger partial charge in [-0.05, 0) is 24.6 Å². The molecule has 1 aromatic heterocycles. The maximum atomic E-state index is 10.6. The second-order valence-electron chi connectivity index (χ2n) is 2.20. The van der Waals surface area contributed by atoms with Crippen molar-refractivity contribution in [3.05, 3.63) is 17.9 Å². The lowest BCUT2D eigenvalue weighted by atomic mass is 10.5. The molecule has 0 aromatic carbocycles. The van der Waals surface area contributed by atoms with E-state index < -0.39 is 5.37 Å². The van der Waals surface area contributed by atoms with E-state index in [0.29, 0.717) is 5.88 Å². The summed E-state index contributed by atoms with van der Waals surface area (Å²) in [6, 6.07) is 3.46. The summed E-state index contributed by atoms with van der Waals surface area (Å²) < 4.78 is 5.13. The highest BCUT2D eigenvalue weighted by Crippen LogP contribution is 2.17. The van der Waals surface area contributed by atoms with Crippen molar-refractivity contribution in [3.63, 3.8) is 0 Å². The third-order valence-electron chi connectivity index (χ3n) is 1.32. The molecule has 1 heterocycles. The summed E-state index contributed by atoms with van der Waals surface area (Å²) in [6.45, 7) is 1.80. The minimum atomic E-state index is -0.556. The zero-order valence-electron chi connectivity index (χ0n) is 6.30. The molecule has 1 aromatic rings. The van der Waals surface area contributed by atoms with E-state index in [-0.39, 0.29) is 0 Å². The first-order chi connectivity index (χ1) is 5.11. The van der Waals surface area contributed by atoms with E-state index in [1.165, 1.54) is 4.90 Å². The second kappa shape index (κ2) is 2.96. The molecule has 4 heteroatoms. The summed E-state index contributed by atoms with van der Waals surface area (Å²) in [4.78, 5) is 11.8. The number of halogens is 1. The molecule has 1 rings (SSSR count). The van der Waals surface area contributed by atoms with Crippen LogP contribution in [0, 0.1) is 6.92 Å². The SMILES string of the molecule is Cc1ccc(N(C)C(=O)Cl)o1. The normalized spacial score (nSPS) is 9.73. The number of anilines is 1. The fraction of sp³-hybridized carbons (Fsp3) is 0.286. The standard InChI is InChI=1S/C7H8ClNO2/c1-5-3-4-6(11-5)9(2)7(8)10/h3-4H,1-2H3. The third-order valence-corrected chi connectivity index (χ3v) is 1.57. The summed E-state index contributed by atoms with van der Waals surface area (Å²) in [5, 5.41) is -0.556. The van der Waals surface area contributed by atoms with Crippen LogP contribution in [0.3, 0.4) is 0 Å². The van der Waals surface area contributed by atoms with Gasteiger partial charge in [-0.3, -0.25) is 9.69 Å². The van der Waals surface area contributed by atoms with Crippen LogP contribution in [-0.4, -0.2) is 12.4 Å². The molecule has 0 saturated heterocycles. The lowest BCUT2D eigenvalue weighted by Crippen LogP contribution is -2.18. The molecule has 0 N–H and O–H groups in total. The summed E-state index contributed by atoms with van der Waals surface area (Å²) in [7, 11) is 1.55. The quantitative estimate of drug-likeness (QED) is 0.483. The van der Waals surface area contributed by atoms with Crippen LogP contribution in [0.1, 0.15) is 5.76 Å². The molecule has 0 spiro atoms. The predicted molar refractivity (Wildman–Crippen MR) is 43.1 cm³/mol. The average Bonchev–Trinajstić information content (AvgIpc) is 2.34. The van der Waals surface area contributed by atoms with Gasteiger partial charge in [0.1, 0.15) is 5.76 Å². The van der Waals surface area contributed by atoms with Crippen molar-refractivity contribution in [2.24, 2.45) is 0 Å². The van der Waals surface area contributed by atoms with E-state index in [0.717, 1.165) is 5.76 Å². The Hall–Kier alpha value is -0.960. The molecule has 11 heavy (non-hydrogen) atoms. The number of carbonyl (C=O) groups is 1. The van der Waals surface area contributed by atoms with Crippen molar-refractivity contribution in [1.82, 2.24) is 0 Å². The molecular formula is C7H8ClNO2. The van der Waals surface area contributed by atoms with Crippen molar-refractivity contribution < 1.29 is 9.21 Å². The molecule has 0 bridgehead atoms. The number of amides is 1. The van der Waals surface area contributed by atoms with Gasteiger partial charge in [-0.1, -0.05) is 0 Å². The van der Waals surface area contributed by atoms with Crippen LogP contribution in [-0.2, 0) is 0 Å². The van der Waals surface area contributed by atoms with E-state index in [1.54, 1.807) is 26.1 Å². The Labute approximate surface area is 69.5 Å². The van der Waals surface area contributed by atoms with E-state index >= 15 is 0 Å². The van der Waals surface area contributed by atoms with E-state index in [9.17, 15) is 4.79 Å². The highest BCUT2D eigenvalue weighted by Gasteiger charge is 2.09. The lowest BCUT2D eigenvalue weighted by molar-refractivity contribution is 0.264. The van der Waals surface area contributed by atoms with Gasteiger partial charge in [-0.2, -0.15) is 0 Å². The zero-order valence-corrected chi connectivity index (χ0v) is 7.05. The molecule has 0 aliphatic carbocycles. The molecule has 1 amide bonds. The zero-order chi connectivity index (χ0) is 8.43. The van der Waals surface area contributed by atoms with Crippen molar-refractivity contribution in [1.29, 1.82) is 0 Å². The molecule has 0 unspecified atom stereocenters. The number of carbonyl (C=O) groups excluding carboxylic acids is 1. The van der Waals surface area contributed by atoms with Gasteiger partial charge >= 0.3 is 5.37 Å². The van der Waals surface area contributed by atoms with Gasteiger partial charge in [0.25, 0.3) is 0 Å². The minimum Gasteiger partial charge on any atom is -0.445 e. The lowest BCUT2D eigenvalue weighted by Gasteiger charge is -2.07. The minimum absolute atomic E-state index is 0.461. The van der Waals surface area contributed by atoms with Crippen LogP contribution in [0.15, 0.2) is 16.5 Å². The molecule has 0 saturated carbocycles. The van der Waals surface area contributed by atoms with Crippen LogP contribution in [0.4, 0.5) is 10.7 Å². The van der Waals surface area contributed by atoms with E-state index in [4.69, 9.17) is 16.0 Å². The number of nitrogens with zero attached hydrogens (tertiary/aromatic N) is 1. The van der Waals surface area contributed by atoms with Gasteiger partial charge < -0.3 is 4.42 Å². The summed E-state index contributed by atoms with van der Waals surface area (Å²) in [5.74, 6) is 1.22. The molecule has 0 aliphatic heterocycles. The van der Waals surface area contributed by atoms with E-state index in [2.05, 4.69) is 0 Å². The number of rotatable bonds is 1. The molecule has 0 atom stereocenters. The maximum absolute atomic E-state index is 10.6. The largest absolute Gasteiger partial charge is 0.445 e. The molecular weight excluding hydrogens is 166 g/mol. The van der Waals surface area contributed by atoms with Gasteiger partial charge in [0.2, 0.25) is 5.88 Å². The van der Waals surface area contributed by atoms with Crippen LogP contribution < -0.4 is 4.90 Å². The van der Waals surface area contributed by atoms with Gasteiger partial charge in [-0.25, -0.2) is 0 Å². The Balaban J connectivity index is 2.84. The number of hydrogen-bond acceptors (Lipinski definition) is 2. The summed E-state index contributed by atoms with van der Waals surface area (Å²) >= 11 is 5.20.